The summed E-state index contributed by atoms with van der Waals surface area (Å²) in [5.41, 5.74) is 0.448. The smallest absolute Gasteiger partial charge is 0.387 e. The van der Waals surface area contributed by atoms with Gasteiger partial charge in [-0.1, -0.05) is 6.07 Å². The summed E-state index contributed by atoms with van der Waals surface area (Å²) >= 11 is 0. The molecule has 134 valence electrons. The van der Waals surface area contributed by atoms with Crippen molar-refractivity contribution in [3.63, 3.8) is 0 Å². The Labute approximate surface area is 147 Å². The van der Waals surface area contributed by atoms with E-state index in [-0.39, 0.29) is 17.1 Å². The van der Waals surface area contributed by atoms with Gasteiger partial charge in [0.15, 0.2) is 11.5 Å². The van der Waals surface area contributed by atoms with Crippen molar-refractivity contribution in [3.05, 3.63) is 59.4 Å². The number of methoxy groups -OCH3 is 1. The molecule has 0 unspecified atom stereocenters. The zero-order chi connectivity index (χ0) is 19.1. The maximum atomic E-state index is 12.9. The van der Waals surface area contributed by atoms with Gasteiger partial charge in [-0.3, -0.25) is 4.79 Å². The van der Waals surface area contributed by atoms with Crippen LogP contribution in [0.4, 0.5) is 18.9 Å². The number of nitrogens with one attached hydrogen (secondary N) is 1. The fraction of sp³-hybridized carbons (Fsp3) is 0.111. The number of rotatable bonds is 6. The average Bonchev–Trinajstić information content (AvgIpc) is 2.62. The molecule has 5 nitrogen and oxygen atoms in total. The van der Waals surface area contributed by atoms with Crippen LogP contribution in [0.2, 0.25) is 0 Å². The molecule has 0 aromatic heterocycles. The SMILES string of the molecule is COc1cc(/C=C(\C#N)C(=O)Nc2ccc(F)cc2)ccc1OC(F)F. The third-order valence-electron chi connectivity index (χ3n) is 3.18. The van der Waals surface area contributed by atoms with Crippen LogP contribution in [0.3, 0.4) is 0 Å². The molecule has 0 spiro atoms. The Kier molecular flexibility index (Phi) is 6.22. The number of benzene rings is 2. The van der Waals surface area contributed by atoms with Gasteiger partial charge in [-0.15, -0.1) is 0 Å². The summed E-state index contributed by atoms with van der Waals surface area (Å²) < 4.78 is 46.8. The van der Waals surface area contributed by atoms with Gasteiger partial charge in [0.2, 0.25) is 0 Å². The molecule has 0 bridgehead atoms. The molecule has 0 fully saturated rings. The number of ether oxygens (including phenoxy) is 2. The molecule has 0 atom stereocenters. The first-order valence-corrected chi connectivity index (χ1v) is 7.24. The van der Waals surface area contributed by atoms with Gasteiger partial charge in [-0.05, 0) is 48.0 Å². The number of alkyl halides is 2. The van der Waals surface area contributed by atoms with Crippen molar-refractivity contribution in [2.75, 3.05) is 12.4 Å². The summed E-state index contributed by atoms with van der Waals surface area (Å²) in [5.74, 6) is -1.31. The molecule has 26 heavy (non-hydrogen) atoms. The first kappa shape index (κ1) is 18.9. The number of nitrogens with zero attached hydrogens (tertiary/aromatic N) is 1. The van der Waals surface area contributed by atoms with E-state index < -0.39 is 18.3 Å². The Balaban J connectivity index is 2.23. The first-order valence-electron chi connectivity index (χ1n) is 7.24. The highest BCUT2D eigenvalue weighted by molar-refractivity contribution is 6.09. The zero-order valence-corrected chi connectivity index (χ0v) is 13.5. The van der Waals surface area contributed by atoms with Crippen LogP contribution in [0, 0.1) is 17.1 Å². The molecule has 2 aromatic rings. The predicted octanol–water partition coefficient (Wildman–Crippen LogP) is 3.98. The van der Waals surface area contributed by atoms with E-state index in [1.54, 1.807) is 6.07 Å². The fourth-order valence-electron chi connectivity index (χ4n) is 2.01. The second-order valence-electron chi connectivity index (χ2n) is 4.92. The Morgan fingerprint density at radius 2 is 1.88 bits per heavy atom. The second-order valence-corrected chi connectivity index (χ2v) is 4.92. The van der Waals surface area contributed by atoms with Gasteiger partial charge >= 0.3 is 6.61 Å². The molecular formula is C18H13F3N2O3. The molecular weight excluding hydrogens is 349 g/mol. The van der Waals surface area contributed by atoms with Crippen LogP contribution >= 0.6 is 0 Å². The molecule has 0 aliphatic rings. The monoisotopic (exact) mass is 362 g/mol. The van der Waals surface area contributed by atoms with Crippen molar-refractivity contribution in [3.8, 4) is 17.6 Å². The van der Waals surface area contributed by atoms with Crippen molar-refractivity contribution >= 4 is 17.7 Å². The average molecular weight is 362 g/mol. The highest BCUT2D eigenvalue weighted by Crippen LogP contribution is 2.30. The standard InChI is InChI=1S/C18H13F3N2O3/c1-25-16-9-11(2-7-15(16)26-18(20)21)8-12(10-22)17(24)23-14-5-3-13(19)4-6-14/h2-9,18H,1H3,(H,23,24)/b12-8+. The first-order chi connectivity index (χ1) is 12.4. The largest absolute Gasteiger partial charge is 0.493 e. The van der Waals surface area contributed by atoms with E-state index in [1.165, 1.54) is 43.5 Å². The van der Waals surface area contributed by atoms with Gasteiger partial charge < -0.3 is 14.8 Å². The van der Waals surface area contributed by atoms with E-state index >= 15 is 0 Å². The van der Waals surface area contributed by atoms with E-state index in [0.717, 1.165) is 12.1 Å². The normalized spacial score (nSPS) is 11.0. The summed E-state index contributed by atoms with van der Waals surface area (Å²) in [6.45, 7) is -3.01. The van der Waals surface area contributed by atoms with E-state index in [4.69, 9.17) is 4.74 Å². The molecule has 0 radical (unpaired) electrons. The van der Waals surface area contributed by atoms with Gasteiger partial charge in [0.25, 0.3) is 5.91 Å². The molecule has 0 heterocycles. The van der Waals surface area contributed by atoms with E-state index in [9.17, 15) is 23.2 Å². The molecule has 0 aliphatic heterocycles. The number of hydrogen-bond donors (Lipinski definition) is 1. The van der Waals surface area contributed by atoms with Crippen molar-refractivity contribution < 1.29 is 27.4 Å². The molecule has 0 saturated heterocycles. The quantitative estimate of drug-likeness (QED) is 0.623. The van der Waals surface area contributed by atoms with Gasteiger partial charge in [-0.2, -0.15) is 14.0 Å². The maximum Gasteiger partial charge on any atom is 0.387 e. The predicted molar refractivity (Wildman–Crippen MR) is 88.2 cm³/mol. The maximum absolute atomic E-state index is 12.9. The second kappa shape index (κ2) is 8.58. The topological polar surface area (TPSA) is 71.3 Å². The van der Waals surface area contributed by atoms with Crippen LogP contribution in [0.25, 0.3) is 6.08 Å². The number of carbonyl (C=O) groups is 1. The minimum atomic E-state index is -3.01. The molecule has 0 saturated carbocycles. The lowest BCUT2D eigenvalue weighted by molar-refractivity contribution is -0.112. The molecule has 2 rings (SSSR count). The zero-order valence-electron chi connectivity index (χ0n) is 13.5. The Morgan fingerprint density at radius 3 is 2.46 bits per heavy atom. The van der Waals surface area contributed by atoms with Crippen LogP contribution in [-0.2, 0) is 4.79 Å². The van der Waals surface area contributed by atoms with Gasteiger partial charge in [0.05, 0.1) is 7.11 Å². The lowest BCUT2D eigenvalue weighted by atomic mass is 10.1. The summed E-state index contributed by atoms with van der Waals surface area (Å²) in [4.78, 5) is 12.1. The van der Waals surface area contributed by atoms with Gasteiger partial charge in [-0.25, -0.2) is 4.39 Å². The highest BCUT2D eigenvalue weighted by Gasteiger charge is 2.13. The van der Waals surface area contributed by atoms with Crippen LogP contribution in [0.5, 0.6) is 11.5 Å². The van der Waals surface area contributed by atoms with Crippen LogP contribution in [0.1, 0.15) is 5.56 Å². The lowest BCUT2D eigenvalue weighted by Crippen LogP contribution is -2.13. The molecule has 0 aliphatic carbocycles. The highest BCUT2D eigenvalue weighted by atomic mass is 19.3. The Morgan fingerprint density at radius 1 is 1.19 bits per heavy atom. The Hall–Kier alpha value is -3.47. The summed E-state index contributed by atoms with van der Waals surface area (Å²) in [6.07, 6.45) is 1.26. The molecule has 8 heteroatoms. The third-order valence-corrected chi connectivity index (χ3v) is 3.18. The molecule has 1 N–H and O–H groups in total. The fourth-order valence-corrected chi connectivity index (χ4v) is 2.01. The molecule has 2 aromatic carbocycles. The number of halogens is 3. The van der Waals surface area contributed by atoms with E-state index in [1.807, 2.05) is 0 Å². The number of amides is 1. The summed E-state index contributed by atoms with van der Waals surface area (Å²) in [5, 5.41) is 11.6. The third kappa shape index (κ3) is 5.01. The summed E-state index contributed by atoms with van der Waals surface area (Å²) in [6, 6.07) is 10.8. The minimum Gasteiger partial charge on any atom is -0.493 e. The number of carbonyl (C=O) groups excluding carboxylic acids is 1. The van der Waals surface area contributed by atoms with Crippen molar-refractivity contribution in [2.45, 2.75) is 6.61 Å². The van der Waals surface area contributed by atoms with Crippen LogP contribution < -0.4 is 14.8 Å². The number of anilines is 1. The van der Waals surface area contributed by atoms with Crippen molar-refractivity contribution in [2.24, 2.45) is 0 Å². The van der Waals surface area contributed by atoms with Crippen LogP contribution in [0.15, 0.2) is 48.0 Å². The van der Waals surface area contributed by atoms with Crippen LogP contribution in [-0.4, -0.2) is 19.6 Å². The van der Waals surface area contributed by atoms with Crippen molar-refractivity contribution in [1.82, 2.24) is 0 Å². The van der Waals surface area contributed by atoms with Gasteiger partial charge in [0, 0.05) is 5.69 Å². The molecule has 1 amide bonds. The van der Waals surface area contributed by atoms with E-state index in [0.29, 0.717) is 11.3 Å². The van der Waals surface area contributed by atoms with Gasteiger partial charge in [0.1, 0.15) is 17.5 Å². The minimum absolute atomic E-state index is 0.0234. The Bertz CT molecular complexity index is 859. The van der Waals surface area contributed by atoms with E-state index in [2.05, 4.69) is 10.1 Å². The lowest BCUT2D eigenvalue weighted by Gasteiger charge is -2.10. The van der Waals surface area contributed by atoms with Crippen molar-refractivity contribution in [1.29, 1.82) is 5.26 Å². The number of nitriles is 1. The summed E-state index contributed by atoms with van der Waals surface area (Å²) in [7, 11) is 1.27. The number of hydrogen-bond acceptors (Lipinski definition) is 4.